The number of anilines is 1. The first kappa shape index (κ1) is 11.5. The van der Waals surface area contributed by atoms with Crippen molar-refractivity contribution in [3.05, 3.63) is 29.8 Å². The van der Waals surface area contributed by atoms with E-state index in [1.807, 2.05) is 12.1 Å². The van der Waals surface area contributed by atoms with E-state index in [4.69, 9.17) is 5.73 Å². The molecule has 1 heterocycles. The fourth-order valence-corrected chi connectivity index (χ4v) is 2.48. The fourth-order valence-electron chi connectivity index (χ4n) is 2.48. The van der Waals surface area contributed by atoms with E-state index >= 15 is 0 Å². The summed E-state index contributed by atoms with van der Waals surface area (Å²) in [6.45, 7) is 0.773. The molecule has 0 atom stereocenters. The largest absolute Gasteiger partial charge is 0.325 e. The number of hydrogen-bond acceptors (Lipinski definition) is 3. The molecule has 4 heteroatoms. The molecule has 3 rings (SSSR count). The van der Waals surface area contributed by atoms with Gasteiger partial charge in [0.05, 0.1) is 5.69 Å². The highest BCUT2D eigenvalue weighted by Gasteiger charge is 2.37. The molecule has 0 radical (unpaired) electrons. The first-order valence-electron chi connectivity index (χ1n) is 6.49. The zero-order valence-corrected chi connectivity index (χ0v) is 10.7. The van der Waals surface area contributed by atoms with Crippen molar-refractivity contribution < 1.29 is 4.79 Å². The molecule has 96 valence electrons. The number of hydrogen-bond donors (Lipinski definition) is 1. The second-order valence-corrected chi connectivity index (χ2v) is 5.50. The van der Waals surface area contributed by atoms with Crippen molar-refractivity contribution in [1.29, 1.82) is 0 Å². The maximum atomic E-state index is 11.5. The Kier molecular flexibility index (Phi) is 2.55. The molecule has 2 N–H and O–H groups in total. The first-order chi connectivity index (χ1) is 8.57. The first-order valence-corrected chi connectivity index (χ1v) is 6.49. The summed E-state index contributed by atoms with van der Waals surface area (Å²) in [6.07, 6.45) is 3.84. The molecular formula is C14H19N3O. The molecule has 18 heavy (non-hydrogen) atoms. The van der Waals surface area contributed by atoms with E-state index in [9.17, 15) is 4.79 Å². The third kappa shape index (κ3) is 2.08. The normalized spacial score (nSPS) is 21.6. The van der Waals surface area contributed by atoms with Crippen LogP contribution in [0.3, 0.4) is 0 Å². The number of carbonyl (C=O) groups excluding carboxylic acids is 1. The maximum absolute atomic E-state index is 11.5. The summed E-state index contributed by atoms with van der Waals surface area (Å²) in [5.41, 5.74) is 8.54. The van der Waals surface area contributed by atoms with Gasteiger partial charge in [0.15, 0.2) is 0 Å². The molecule has 2 aliphatic rings. The molecule has 4 nitrogen and oxygen atoms in total. The van der Waals surface area contributed by atoms with E-state index in [1.165, 1.54) is 5.56 Å². The highest BCUT2D eigenvalue weighted by Crippen LogP contribution is 2.35. The smallest absolute Gasteiger partial charge is 0.242 e. The predicted octanol–water partition coefficient (Wildman–Crippen LogP) is 1.30. The molecule has 1 saturated heterocycles. The second kappa shape index (κ2) is 3.99. The number of hydrazine groups is 1. The van der Waals surface area contributed by atoms with Crippen LogP contribution in [-0.4, -0.2) is 30.0 Å². The fraction of sp³-hybridized carbons (Fsp3) is 0.500. The minimum absolute atomic E-state index is 0.0575. The van der Waals surface area contributed by atoms with Gasteiger partial charge in [-0.2, -0.15) is 0 Å². The lowest BCUT2D eigenvalue weighted by Gasteiger charge is -2.26. The Labute approximate surface area is 107 Å². The van der Waals surface area contributed by atoms with Gasteiger partial charge in [0.25, 0.3) is 0 Å². The van der Waals surface area contributed by atoms with Crippen LogP contribution in [0.4, 0.5) is 5.69 Å². The standard InChI is InChI=1S/C14H19N3O/c1-16-13(18)6-9-17(16)12-4-2-11(3-5-12)10-14(15)7-8-14/h2-5H,6-10,15H2,1H3. The van der Waals surface area contributed by atoms with Crippen molar-refractivity contribution in [2.75, 3.05) is 18.6 Å². The van der Waals surface area contributed by atoms with Crippen LogP contribution in [0.5, 0.6) is 0 Å². The van der Waals surface area contributed by atoms with Crippen LogP contribution in [0.2, 0.25) is 0 Å². The second-order valence-electron chi connectivity index (χ2n) is 5.50. The van der Waals surface area contributed by atoms with Crippen molar-refractivity contribution in [2.45, 2.75) is 31.2 Å². The lowest BCUT2D eigenvalue weighted by molar-refractivity contribution is -0.126. The van der Waals surface area contributed by atoms with Crippen molar-refractivity contribution in [3.63, 3.8) is 0 Å². The third-order valence-electron chi connectivity index (χ3n) is 3.94. The Balaban J connectivity index is 1.72. The van der Waals surface area contributed by atoms with Gasteiger partial charge in [0.2, 0.25) is 5.91 Å². The van der Waals surface area contributed by atoms with Gasteiger partial charge in [-0.25, -0.2) is 0 Å². The summed E-state index contributed by atoms with van der Waals surface area (Å²) in [7, 11) is 1.82. The quantitative estimate of drug-likeness (QED) is 0.873. The van der Waals surface area contributed by atoms with Gasteiger partial charge in [0.1, 0.15) is 0 Å². The van der Waals surface area contributed by atoms with Gasteiger partial charge in [-0.15, -0.1) is 0 Å². The van der Waals surface area contributed by atoms with E-state index in [-0.39, 0.29) is 11.4 Å². The third-order valence-corrected chi connectivity index (χ3v) is 3.94. The van der Waals surface area contributed by atoms with E-state index in [2.05, 4.69) is 24.3 Å². The molecule has 1 aliphatic carbocycles. The summed E-state index contributed by atoms with van der Waals surface area (Å²) < 4.78 is 0. The van der Waals surface area contributed by atoms with Crippen LogP contribution in [0.15, 0.2) is 24.3 Å². The summed E-state index contributed by atoms with van der Waals surface area (Å²) >= 11 is 0. The number of nitrogens with zero attached hydrogens (tertiary/aromatic N) is 2. The number of benzene rings is 1. The Morgan fingerprint density at radius 3 is 2.44 bits per heavy atom. The van der Waals surface area contributed by atoms with Crippen molar-refractivity contribution in [2.24, 2.45) is 5.73 Å². The van der Waals surface area contributed by atoms with Gasteiger partial charge >= 0.3 is 0 Å². The lowest BCUT2D eigenvalue weighted by atomic mass is 10.0. The summed E-state index contributed by atoms with van der Waals surface area (Å²) in [5.74, 6) is 0.179. The van der Waals surface area contributed by atoms with Gasteiger partial charge in [-0.3, -0.25) is 14.8 Å². The zero-order valence-electron chi connectivity index (χ0n) is 10.7. The van der Waals surface area contributed by atoms with Gasteiger partial charge < -0.3 is 5.73 Å². The average molecular weight is 245 g/mol. The predicted molar refractivity (Wildman–Crippen MR) is 71.0 cm³/mol. The summed E-state index contributed by atoms with van der Waals surface area (Å²) in [4.78, 5) is 11.5. The van der Waals surface area contributed by atoms with E-state index < -0.39 is 0 Å². The molecule has 1 aliphatic heterocycles. The van der Waals surface area contributed by atoms with E-state index in [1.54, 1.807) is 5.01 Å². The highest BCUT2D eigenvalue weighted by atomic mass is 16.2. The van der Waals surface area contributed by atoms with Crippen LogP contribution < -0.4 is 10.7 Å². The van der Waals surface area contributed by atoms with Gasteiger partial charge in [-0.1, -0.05) is 12.1 Å². The van der Waals surface area contributed by atoms with Crippen molar-refractivity contribution in [3.8, 4) is 0 Å². The molecule has 1 amide bonds. The Morgan fingerprint density at radius 2 is 1.94 bits per heavy atom. The van der Waals surface area contributed by atoms with Gasteiger partial charge in [-0.05, 0) is 37.0 Å². The maximum Gasteiger partial charge on any atom is 0.242 e. The molecular weight excluding hydrogens is 226 g/mol. The summed E-state index contributed by atoms with van der Waals surface area (Å²) in [6, 6.07) is 8.41. The van der Waals surface area contributed by atoms with Crippen LogP contribution in [0.1, 0.15) is 24.8 Å². The number of rotatable bonds is 3. The molecule has 1 aromatic carbocycles. The monoisotopic (exact) mass is 245 g/mol. The van der Waals surface area contributed by atoms with Crippen LogP contribution in [0.25, 0.3) is 0 Å². The van der Waals surface area contributed by atoms with Crippen molar-refractivity contribution in [1.82, 2.24) is 5.01 Å². The molecule has 1 saturated carbocycles. The highest BCUT2D eigenvalue weighted by molar-refractivity contribution is 5.81. The van der Waals surface area contributed by atoms with E-state index in [0.717, 1.165) is 31.5 Å². The van der Waals surface area contributed by atoms with Crippen LogP contribution in [-0.2, 0) is 11.2 Å². The molecule has 0 aromatic heterocycles. The van der Waals surface area contributed by atoms with Crippen LogP contribution >= 0.6 is 0 Å². The minimum atomic E-state index is 0.0575. The minimum Gasteiger partial charge on any atom is -0.325 e. The SMILES string of the molecule is CN1C(=O)CCN1c1ccc(CC2(N)CC2)cc1. The molecule has 0 bridgehead atoms. The topological polar surface area (TPSA) is 49.6 Å². The van der Waals surface area contributed by atoms with E-state index in [0.29, 0.717) is 6.42 Å². The average Bonchev–Trinajstić information content (AvgIpc) is 2.99. The molecule has 0 unspecified atom stereocenters. The van der Waals surface area contributed by atoms with Gasteiger partial charge in [0, 0.05) is 25.6 Å². The number of amides is 1. The molecule has 1 aromatic rings. The number of nitrogens with two attached hydrogens (primary N) is 1. The van der Waals surface area contributed by atoms with Crippen LogP contribution in [0, 0.1) is 0 Å². The Hall–Kier alpha value is -1.55. The summed E-state index contributed by atoms with van der Waals surface area (Å²) in [5, 5.41) is 3.71. The Morgan fingerprint density at radius 1 is 1.28 bits per heavy atom. The zero-order chi connectivity index (χ0) is 12.8. The number of carbonyl (C=O) groups is 1. The Bertz CT molecular complexity index is 464. The lowest BCUT2D eigenvalue weighted by Crippen LogP contribution is -2.35. The molecule has 2 fully saturated rings. The van der Waals surface area contributed by atoms with Crippen molar-refractivity contribution >= 4 is 11.6 Å². The molecule has 0 spiro atoms.